The van der Waals surface area contributed by atoms with Crippen LogP contribution in [0, 0.1) is 17.7 Å². The predicted octanol–water partition coefficient (Wildman–Crippen LogP) is 9.24. The van der Waals surface area contributed by atoms with Crippen molar-refractivity contribution >= 4 is 10.8 Å². The van der Waals surface area contributed by atoms with Gasteiger partial charge in [-0.3, -0.25) is 0 Å². The van der Waals surface area contributed by atoms with Crippen molar-refractivity contribution in [1.82, 2.24) is 0 Å². The molecule has 0 aliphatic heterocycles. The molecule has 0 aliphatic rings. The van der Waals surface area contributed by atoms with Gasteiger partial charge in [0, 0.05) is 16.5 Å². The topological polar surface area (TPSA) is 0 Å². The van der Waals surface area contributed by atoms with E-state index in [9.17, 15) is 0 Å². The fraction of sp³-hybridized carbons (Fsp3) is 0.314. The third kappa shape index (κ3) is 7.08. The fourth-order valence-electron chi connectivity index (χ4n) is 4.66. The summed E-state index contributed by atoms with van der Waals surface area (Å²) in [5.74, 6) is 6.34. The smallest absolute Gasteiger partial charge is 0.134 e. The van der Waals surface area contributed by atoms with Gasteiger partial charge < -0.3 is 0 Å². The van der Waals surface area contributed by atoms with Crippen molar-refractivity contribution in [1.29, 1.82) is 0 Å². The van der Waals surface area contributed by atoms with Gasteiger partial charge in [-0.15, -0.1) is 0 Å². The molecule has 0 unspecified atom stereocenters. The molecule has 36 heavy (non-hydrogen) atoms. The summed E-state index contributed by atoms with van der Waals surface area (Å²) in [5.41, 5.74) is 6.65. The Morgan fingerprint density at radius 1 is 0.583 bits per heavy atom. The zero-order valence-electron chi connectivity index (χ0n) is 21.7. The second-order valence-electron chi connectivity index (χ2n) is 9.76. The van der Waals surface area contributed by atoms with Gasteiger partial charge in [0.05, 0.1) is 0 Å². The minimum atomic E-state index is -0.106. The zero-order valence-corrected chi connectivity index (χ0v) is 21.7. The molecule has 1 heteroatoms. The molecule has 0 fully saturated rings. The first kappa shape index (κ1) is 25.7. The van der Waals surface area contributed by atoms with E-state index in [0.717, 1.165) is 41.3 Å². The number of rotatable bonds is 10. The van der Waals surface area contributed by atoms with Crippen LogP contribution in [-0.4, -0.2) is 0 Å². The van der Waals surface area contributed by atoms with Gasteiger partial charge in [-0.25, -0.2) is 4.39 Å². The highest BCUT2D eigenvalue weighted by Crippen LogP contribution is 2.24. The van der Waals surface area contributed by atoms with Crippen LogP contribution < -0.4 is 0 Å². The maximum atomic E-state index is 15.3. The lowest BCUT2D eigenvalue weighted by molar-refractivity contribution is 0.620. The summed E-state index contributed by atoms with van der Waals surface area (Å²) in [7, 11) is 0. The Balaban J connectivity index is 1.37. The summed E-state index contributed by atoms with van der Waals surface area (Å²) < 4.78 is 15.3. The molecule has 4 aromatic carbocycles. The van der Waals surface area contributed by atoms with Crippen LogP contribution in [0.2, 0.25) is 0 Å². The maximum absolute atomic E-state index is 15.3. The van der Waals surface area contributed by atoms with Crippen molar-refractivity contribution in [3.05, 3.63) is 118 Å². The van der Waals surface area contributed by atoms with Gasteiger partial charge in [0.1, 0.15) is 5.82 Å². The minimum Gasteiger partial charge on any atom is -0.206 e. The molecule has 4 rings (SSSR count). The van der Waals surface area contributed by atoms with E-state index in [0.29, 0.717) is 11.8 Å². The van der Waals surface area contributed by atoms with E-state index in [-0.39, 0.29) is 5.82 Å². The molecule has 0 atom stereocenters. The first-order chi connectivity index (χ1) is 17.7. The first-order valence-corrected chi connectivity index (χ1v) is 13.6. The highest BCUT2D eigenvalue weighted by atomic mass is 19.1. The Bertz CT molecular complexity index is 1320. The molecule has 184 valence electrons. The molecule has 0 aliphatic carbocycles. The van der Waals surface area contributed by atoms with E-state index in [1.807, 2.05) is 30.3 Å². The molecule has 0 N–H and O–H groups in total. The van der Waals surface area contributed by atoms with Crippen LogP contribution in [0.1, 0.15) is 79.3 Å². The van der Waals surface area contributed by atoms with Crippen LogP contribution >= 0.6 is 0 Å². The van der Waals surface area contributed by atoms with E-state index < -0.39 is 0 Å². The molecule has 0 radical (unpaired) electrons. The quantitative estimate of drug-likeness (QED) is 0.158. The molecule has 4 aromatic rings. The van der Waals surface area contributed by atoms with Crippen molar-refractivity contribution in [2.75, 3.05) is 0 Å². The third-order valence-electron chi connectivity index (χ3n) is 7.02. The van der Waals surface area contributed by atoms with Crippen molar-refractivity contribution in [2.45, 2.75) is 71.6 Å². The van der Waals surface area contributed by atoms with Gasteiger partial charge in [-0.05, 0) is 84.0 Å². The molecule has 0 nitrogen and oxygen atoms in total. The van der Waals surface area contributed by atoms with Crippen LogP contribution in [-0.2, 0) is 25.7 Å². The lowest BCUT2D eigenvalue weighted by Gasteiger charge is -2.08. The van der Waals surface area contributed by atoms with Crippen LogP contribution in [0.3, 0.4) is 0 Å². The Labute approximate surface area is 216 Å². The Morgan fingerprint density at radius 2 is 1.22 bits per heavy atom. The van der Waals surface area contributed by atoms with E-state index in [2.05, 4.69) is 74.2 Å². The normalized spacial score (nSPS) is 10.9. The number of aryl methyl sites for hydroxylation is 4. The largest absolute Gasteiger partial charge is 0.206 e. The summed E-state index contributed by atoms with van der Waals surface area (Å²) >= 11 is 0. The highest BCUT2D eigenvalue weighted by molar-refractivity contribution is 5.85. The van der Waals surface area contributed by atoms with Gasteiger partial charge in [-0.1, -0.05) is 106 Å². The fourth-order valence-corrected chi connectivity index (χ4v) is 4.66. The maximum Gasteiger partial charge on any atom is 0.134 e. The summed E-state index contributed by atoms with van der Waals surface area (Å²) in [4.78, 5) is 0. The number of fused-ring (bicyclic) bond motifs is 1. The van der Waals surface area contributed by atoms with Gasteiger partial charge >= 0.3 is 0 Å². The van der Waals surface area contributed by atoms with Crippen LogP contribution in [0.15, 0.2) is 78.9 Å². The van der Waals surface area contributed by atoms with Crippen molar-refractivity contribution in [3.8, 4) is 11.8 Å². The first-order valence-electron chi connectivity index (χ1n) is 13.6. The van der Waals surface area contributed by atoms with Gasteiger partial charge in [0.2, 0.25) is 0 Å². The second kappa shape index (κ2) is 13.1. The average Bonchev–Trinajstić information content (AvgIpc) is 2.92. The standard InChI is InChI=1S/C35H37F/c1-3-5-6-7-8-9-28-14-16-30(17-15-28)20-22-32-23-24-33-26-31(21-25-34(33)35(32)36)19-18-29-12-10-27(4-2)11-13-29/h10-17,21,23-26H,3-9,20,22H2,1-2H3. The van der Waals surface area contributed by atoms with Gasteiger partial charge in [0.25, 0.3) is 0 Å². The Kier molecular flexibility index (Phi) is 9.34. The lowest BCUT2D eigenvalue weighted by atomic mass is 9.98. The predicted molar refractivity (Wildman–Crippen MR) is 152 cm³/mol. The molecule has 0 amide bonds. The van der Waals surface area contributed by atoms with E-state index in [1.165, 1.54) is 48.8 Å². The van der Waals surface area contributed by atoms with Gasteiger partial charge in [0.15, 0.2) is 0 Å². The molecular weight excluding hydrogens is 439 g/mol. The highest BCUT2D eigenvalue weighted by Gasteiger charge is 2.08. The molecule has 0 spiro atoms. The average molecular weight is 477 g/mol. The van der Waals surface area contributed by atoms with Crippen LogP contribution in [0.5, 0.6) is 0 Å². The monoisotopic (exact) mass is 476 g/mol. The number of unbranched alkanes of at least 4 members (excludes halogenated alkanes) is 4. The molecular formula is C35H37F. The van der Waals surface area contributed by atoms with Crippen LogP contribution in [0.25, 0.3) is 10.8 Å². The third-order valence-corrected chi connectivity index (χ3v) is 7.02. The summed E-state index contributed by atoms with van der Waals surface area (Å²) in [6, 6.07) is 27.0. The van der Waals surface area contributed by atoms with Crippen molar-refractivity contribution in [3.63, 3.8) is 0 Å². The summed E-state index contributed by atoms with van der Waals surface area (Å²) in [6.45, 7) is 4.40. The number of hydrogen-bond donors (Lipinski definition) is 0. The van der Waals surface area contributed by atoms with Gasteiger partial charge in [-0.2, -0.15) is 0 Å². The van der Waals surface area contributed by atoms with E-state index >= 15 is 4.39 Å². The molecule has 0 saturated carbocycles. The second-order valence-corrected chi connectivity index (χ2v) is 9.76. The minimum absolute atomic E-state index is 0.106. The molecule has 0 saturated heterocycles. The molecule has 0 heterocycles. The molecule has 0 bridgehead atoms. The molecule has 0 aromatic heterocycles. The van der Waals surface area contributed by atoms with Crippen molar-refractivity contribution < 1.29 is 4.39 Å². The van der Waals surface area contributed by atoms with Crippen molar-refractivity contribution in [2.24, 2.45) is 0 Å². The number of benzene rings is 4. The summed E-state index contributed by atoms with van der Waals surface area (Å²) in [5, 5.41) is 1.57. The van der Waals surface area contributed by atoms with E-state index in [1.54, 1.807) is 0 Å². The Morgan fingerprint density at radius 3 is 1.94 bits per heavy atom. The Hall–Kier alpha value is -3.37. The number of hydrogen-bond acceptors (Lipinski definition) is 0. The van der Waals surface area contributed by atoms with Crippen LogP contribution in [0.4, 0.5) is 4.39 Å². The SMILES string of the molecule is CCCCCCCc1ccc(CCc2ccc3cc(C#Cc4ccc(CC)cc4)ccc3c2F)cc1. The number of halogens is 1. The lowest BCUT2D eigenvalue weighted by Crippen LogP contribution is -1.96. The summed E-state index contributed by atoms with van der Waals surface area (Å²) in [6.07, 6.45) is 10.3. The van der Waals surface area contributed by atoms with E-state index in [4.69, 9.17) is 0 Å². The zero-order chi connectivity index (χ0) is 25.2.